The van der Waals surface area contributed by atoms with Crippen LogP contribution in [-0.2, 0) is 19.8 Å². The van der Waals surface area contributed by atoms with Gasteiger partial charge in [-0.05, 0) is 59.2 Å². The molecule has 0 saturated heterocycles. The van der Waals surface area contributed by atoms with Crippen molar-refractivity contribution in [2.75, 3.05) is 0 Å². The molecule has 266 valence electrons. The van der Waals surface area contributed by atoms with Crippen LogP contribution in [0.5, 0.6) is 5.88 Å². The van der Waals surface area contributed by atoms with E-state index in [0.717, 1.165) is 21.3 Å². The highest BCUT2D eigenvalue weighted by Gasteiger charge is 2.18. The largest absolute Gasteiger partial charge is 0.418 e. The summed E-state index contributed by atoms with van der Waals surface area (Å²) in [6.45, 7) is -0.802. The fourth-order valence-electron chi connectivity index (χ4n) is 5.99. The molecule has 15 heteroatoms. The minimum Gasteiger partial charge on any atom is -0.418 e. The van der Waals surface area contributed by atoms with Gasteiger partial charge in [-0.15, -0.1) is 0 Å². The summed E-state index contributed by atoms with van der Waals surface area (Å²) in [6, 6.07) is 14.2. The number of pyridine rings is 4. The molecule has 6 aromatic heterocycles. The van der Waals surface area contributed by atoms with Gasteiger partial charge in [-0.2, -0.15) is 4.57 Å². The normalized spacial score (nSPS) is 11.3. The maximum absolute atomic E-state index is 15.3. The molecule has 8 rings (SSSR count). The molecule has 0 aliphatic carbocycles. The van der Waals surface area contributed by atoms with Crippen LogP contribution in [-0.4, -0.2) is 34.1 Å². The third kappa shape index (κ3) is 6.65. The number of nitrogens with zero attached hydrogens (tertiary/aromatic N) is 8. The lowest BCUT2D eigenvalue weighted by Crippen LogP contribution is -2.36. The van der Waals surface area contributed by atoms with E-state index in [1.165, 1.54) is 67.8 Å². The zero-order valence-corrected chi connectivity index (χ0v) is 27.9. The maximum atomic E-state index is 15.3. The zero-order valence-electron chi connectivity index (χ0n) is 27.9. The van der Waals surface area contributed by atoms with Gasteiger partial charge in [-0.25, -0.2) is 32.5 Å². The summed E-state index contributed by atoms with van der Waals surface area (Å²) in [6.07, 6.45) is 12.9. The second-order valence-corrected chi connectivity index (χ2v) is 12.2. The number of aromatic nitrogens is 8. The molecule has 0 amide bonds. The molecule has 0 aliphatic heterocycles. The van der Waals surface area contributed by atoms with Crippen molar-refractivity contribution in [3.63, 3.8) is 0 Å². The lowest BCUT2D eigenvalue weighted by atomic mass is 10.0. The van der Waals surface area contributed by atoms with E-state index in [9.17, 15) is 9.59 Å². The Kier molecular flexibility index (Phi) is 8.87. The Bertz CT molecular complexity index is 2800. The van der Waals surface area contributed by atoms with E-state index in [1.807, 2.05) is 0 Å². The van der Waals surface area contributed by atoms with Crippen molar-refractivity contribution in [1.29, 1.82) is 0 Å². The molecule has 2 aromatic carbocycles. The van der Waals surface area contributed by atoms with Crippen molar-refractivity contribution in [2.45, 2.75) is 19.8 Å². The van der Waals surface area contributed by atoms with Crippen LogP contribution >= 0.6 is 0 Å². The quantitative estimate of drug-likeness (QED) is 0.139. The van der Waals surface area contributed by atoms with Crippen molar-refractivity contribution in [3.05, 3.63) is 172 Å². The number of rotatable bonds is 9. The Morgan fingerprint density at radius 1 is 0.611 bits per heavy atom. The number of benzene rings is 2. The molecule has 0 N–H and O–H groups in total. The van der Waals surface area contributed by atoms with Crippen LogP contribution in [0.4, 0.5) is 17.6 Å². The first-order chi connectivity index (χ1) is 26.2. The highest BCUT2D eigenvalue weighted by Crippen LogP contribution is 2.27. The van der Waals surface area contributed by atoms with Crippen molar-refractivity contribution < 1.29 is 26.9 Å². The first-order valence-corrected chi connectivity index (χ1v) is 16.3. The van der Waals surface area contributed by atoms with Gasteiger partial charge in [0.25, 0.3) is 17.8 Å². The average molecular weight is 730 g/mol. The number of halogens is 4. The Morgan fingerprint density at radius 3 is 1.87 bits per heavy atom. The van der Waals surface area contributed by atoms with Gasteiger partial charge in [0.15, 0.2) is 12.4 Å². The molecule has 0 unspecified atom stereocenters. The number of ether oxygens (including phenoxy) is 1. The van der Waals surface area contributed by atoms with Gasteiger partial charge in [0, 0.05) is 53.6 Å². The molecule has 8 aromatic rings. The topological polar surface area (TPSA) is 122 Å². The van der Waals surface area contributed by atoms with E-state index >= 15 is 17.6 Å². The minimum absolute atomic E-state index is 0.0663. The molecular formula is C39H25F4N8O3+. The molecule has 6 heterocycles. The molecule has 0 aliphatic rings. The lowest BCUT2D eigenvalue weighted by molar-refractivity contribution is -0.723. The van der Waals surface area contributed by atoms with E-state index in [1.54, 1.807) is 41.4 Å². The summed E-state index contributed by atoms with van der Waals surface area (Å²) in [4.78, 5) is 46.7. The summed E-state index contributed by atoms with van der Waals surface area (Å²) in [5.41, 5.74) is 0.662. The fourth-order valence-corrected chi connectivity index (χ4v) is 5.99. The summed E-state index contributed by atoms with van der Waals surface area (Å²) >= 11 is 0. The molecule has 11 nitrogen and oxygen atoms in total. The third-order valence-electron chi connectivity index (χ3n) is 8.82. The predicted molar refractivity (Wildman–Crippen MR) is 188 cm³/mol. The van der Waals surface area contributed by atoms with Gasteiger partial charge in [0.2, 0.25) is 5.88 Å². The highest BCUT2D eigenvalue weighted by atomic mass is 19.1. The molecular weight excluding hydrogens is 704 g/mol. The van der Waals surface area contributed by atoms with Gasteiger partial charge in [0.1, 0.15) is 28.8 Å². The minimum atomic E-state index is -0.849. The Morgan fingerprint density at radius 2 is 1.22 bits per heavy atom. The summed E-state index contributed by atoms with van der Waals surface area (Å²) in [5, 5.41) is 0.495. The smallest absolute Gasteiger partial charge is 0.293 e. The van der Waals surface area contributed by atoms with E-state index in [4.69, 9.17) is 4.74 Å². The SMILES string of the molecule is O=c1c2ccncc2ncn1Cc1c(F)cc(-c2ccnc(OC[n+]3ccc4c(=O)n(Cc5c(F)cc(-c6cccnc6)cc5F)cnc4c3)c2)cc1F. The number of hydrogen-bond donors (Lipinski definition) is 0. The van der Waals surface area contributed by atoms with E-state index < -0.39 is 34.4 Å². The van der Waals surface area contributed by atoms with Crippen LogP contribution in [0.1, 0.15) is 11.1 Å². The van der Waals surface area contributed by atoms with Crippen molar-refractivity contribution in [2.24, 2.45) is 0 Å². The summed E-state index contributed by atoms with van der Waals surface area (Å²) in [7, 11) is 0. The highest BCUT2D eigenvalue weighted by molar-refractivity contribution is 5.76. The van der Waals surface area contributed by atoms with Crippen LogP contribution in [0.15, 0.2) is 126 Å². The predicted octanol–water partition coefficient (Wildman–Crippen LogP) is 5.60. The van der Waals surface area contributed by atoms with Gasteiger partial charge in [0.05, 0.1) is 48.2 Å². The summed E-state index contributed by atoms with van der Waals surface area (Å²) < 4.78 is 70.3. The average Bonchev–Trinajstić information content (AvgIpc) is 3.18. The van der Waals surface area contributed by atoms with E-state index in [2.05, 4.69) is 24.9 Å². The molecule has 0 atom stereocenters. The molecule has 54 heavy (non-hydrogen) atoms. The second kappa shape index (κ2) is 14.1. The van der Waals surface area contributed by atoms with E-state index in [0.29, 0.717) is 27.7 Å². The van der Waals surface area contributed by atoms with Gasteiger partial charge in [-0.3, -0.25) is 28.7 Å². The summed E-state index contributed by atoms with van der Waals surface area (Å²) in [5.74, 6) is -3.16. The van der Waals surface area contributed by atoms with Crippen molar-refractivity contribution in [3.8, 4) is 28.1 Å². The number of fused-ring (bicyclic) bond motifs is 2. The van der Waals surface area contributed by atoms with Crippen LogP contribution in [0.2, 0.25) is 0 Å². The molecule has 0 fully saturated rings. The van der Waals surface area contributed by atoms with Crippen LogP contribution in [0.25, 0.3) is 44.1 Å². The molecule has 0 saturated carbocycles. The van der Waals surface area contributed by atoms with Crippen molar-refractivity contribution >= 4 is 21.8 Å². The maximum Gasteiger partial charge on any atom is 0.293 e. The van der Waals surface area contributed by atoms with Gasteiger partial charge >= 0.3 is 0 Å². The van der Waals surface area contributed by atoms with Gasteiger partial charge in [-0.1, -0.05) is 6.07 Å². The Hall–Kier alpha value is -7.16. The molecule has 0 radical (unpaired) electrons. The fraction of sp³-hybridized carbons (Fsp3) is 0.0769. The second-order valence-electron chi connectivity index (χ2n) is 12.2. The number of hydrogen-bond acceptors (Lipinski definition) is 8. The third-order valence-corrected chi connectivity index (χ3v) is 8.82. The van der Waals surface area contributed by atoms with E-state index in [-0.39, 0.29) is 53.2 Å². The molecule has 0 bridgehead atoms. The monoisotopic (exact) mass is 729 g/mol. The Balaban J connectivity index is 0.967. The van der Waals surface area contributed by atoms with Crippen LogP contribution < -0.4 is 20.4 Å². The van der Waals surface area contributed by atoms with Crippen LogP contribution in [0.3, 0.4) is 0 Å². The zero-order chi connectivity index (χ0) is 37.3. The lowest BCUT2D eigenvalue weighted by Gasteiger charge is -2.11. The Labute approximate surface area is 302 Å². The first-order valence-electron chi connectivity index (χ1n) is 16.3. The van der Waals surface area contributed by atoms with Crippen molar-refractivity contribution in [1.82, 2.24) is 34.1 Å². The van der Waals surface area contributed by atoms with Gasteiger partial charge < -0.3 is 4.74 Å². The first kappa shape index (κ1) is 34.0. The van der Waals surface area contributed by atoms with Crippen LogP contribution in [0, 0.1) is 23.3 Å². The standard InChI is InChI=1S/C39H25F4N8O3/c40-31-10-25(11-32(41)29(31)17-50-20-47-35-16-45-7-4-27(35)38(50)52)23-3-8-46-37(14-23)54-22-49-9-5-28-36(19-49)48-21-51(39(28)53)18-30-33(42)12-26(13-34(30)43)24-2-1-6-44-15-24/h1-16,19-21H,17-18,22H2/q+1. The molecule has 0 spiro atoms.